The minimum absolute atomic E-state index is 0.000140. The van der Waals surface area contributed by atoms with Crippen LogP contribution in [-0.4, -0.2) is 27.9 Å². The number of aryl methyl sites for hydroxylation is 2. The Labute approximate surface area is 143 Å². The lowest BCUT2D eigenvalue weighted by molar-refractivity contribution is -0.113. The third kappa shape index (κ3) is 3.84. The maximum atomic E-state index is 12.1. The summed E-state index contributed by atoms with van der Waals surface area (Å²) in [4.78, 5) is 12.1. The van der Waals surface area contributed by atoms with Crippen LogP contribution in [-0.2, 0) is 17.6 Å². The summed E-state index contributed by atoms with van der Waals surface area (Å²) in [5, 5.41) is 15.4. The molecule has 7 heteroatoms. The number of amides is 1. The molecule has 120 valence electrons. The molecule has 1 fully saturated rings. The number of fused-ring (bicyclic) bond motifs is 1. The monoisotopic (exact) mass is 346 g/mol. The van der Waals surface area contributed by atoms with E-state index in [2.05, 4.69) is 33.0 Å². The summed E-state index contributed by atoms with van der Waals surface area (Å²) in [6, 6.07) is 6.80. The van der Waals surface area contributed by atoms with Crippen molar-refractivity contribution in [3.63, 3.8) is 0 Å². The lowest BCUT2D eigenvalue weighted by atomic mass is 10.1. The molecule has 2 aliphatic carbocycles. The van der Waals surface area contributed by atoms with Crippen LogP contribution in [0.5, 0.6) is 0 Å². The van der Waals surface area contributed by atoms with E-state index in [0.717, 1.165) is 28.0 Å². The smallest absolute Gasteiger partial charge is 0.234 e. The first-order valence-electron chi connectivity index (χ1n) is 7.91. The molecule has 1 heterocycles. The van der Waals surface area contributed by atoms with Gasteiger partial charge in [0.1, 0.15) is 0 Å². The Balaban J connectivity index is 1.28. The van der Waals surface area contributed by atoms with E-state index in [9.17, 15) is 4.79 Å². The highest BCUT2D eigenvalue weighted by atomic mass is 32.2. The number of rotatable bonds is 6. The molecule has 0 spiro atoms. The van der Waals surface area contributed by atoms with Crippen molar-refractivity contribution < 1.29 is 4.79 Å². The Bertz CT molecular complexity index is 727. The lowest BCUT2D eigenvalue weighted by Gasteiger charge is -2.06. The molecule has 1 aromatic heterocycles. The van der Waals surface area contributed by atoms with E-state index < -0.39 is 0 Å². The Kier molecular flexibility index (Phi) is 4.22. The number of hydrogen-bond acceptors (Lipinski definition) is 6. The molecule has 4 rings (SSSR count). The van der Waals surface area contributed by atoms with Gasteiger partial charge in [0.15, 0.2) is 4.34 Å². The zero-order chi connectivity index (χ0) is 15.6. The molecule has 23 heavy (non-hydrogen) atoms. The fourth-order valence-electron chi connectivity index (χ4n) is 2.70. The van der Waals surface area contributed by atoms with Crippen molar-refractivity contribution in [1.29, 1.82) is 0 Å². The Morgan fingerprint density at radius 3 is 3.00 bits per heavy atom. The van der Waals surface area contributed by atoms with Crippen LogP contribution in [0.4, 0.5) is 10.8 Å². The van der Waals surface area contributed by atoms with E-state index in [-0.39, 0.29) is 5.91 Å². The van der Waals surface area contributed by atoms with Gasteiger partial charge < -0.3 is 10.6 Å². The quantitative estimate of drug-likeness (QED) is 0.785. The second kappa shape index (κ2) is 6.49. The number of benzene rings is 1. The normalized spacial score (nSPS) is 16.2. The number of carbonyl (C=O) groups is 1. The lowest BCUT2D eigenvalue weighted by Crippen LogP contribution is -2.14. The van der Waals surface area contributed by atoms with Crippen molar-refractivity contribution in [2.75, 3.05) is 16.4 Å². The molecule has 5 nitrogen and oxygen atoms in total. The molecule has 2 aliphatic rings. The largest absolute Gasteiger partial charge is 0.357 e. The van der Waals surface area contributed by atoms with Gasteiger partial charge in [-0.05, 0) is 55.4 Å². The van der Waals surface area contributed by atoms with Gasteiger partial charge in [-0.15, -0.1) is 10.2 Å². The van der Waals surface area contributed by atoms with Crippen LogP contribution in [0, 0.1) is 0 Å². The number of carbonyl (C=O) groups excluding carboxylic acids is 1. The van der Waals surface area contributed by atoms with Crippen LogP contribution < -0.4 is 10.6 Å². The average Bonchev–Trinajstić information content (AvgIpc) is 3.05. The van der Waals surface area contributed by atoms with Gasteiger partial charge in [-0.1, -0.05) is 29.2 Å². The molecule has 1 aromatic carbocycles. The fourth-order valence-corrected chi connectivity index (χ4v) is 4.33. The molecule has 0 saturated heterocycles. The number of nitrogens with zero attached hydrogens (tertiary/aromatic N) is 2. The Hall–Kier alpha value is -1.60. The molecular formula is C16H18N4OS2. The van der Waals surface area contributed by atoms with Crippen LogP contribution in [0.15, 0.2) is 22.5 Å². The topological polar surface area (TPSA) is 66.9 Å². The van der Waals surface area contributed by atoms with Gasteiger partial charge in [-0.3, -0.25) is 4.79 Å². The van der Waals surface area contributed by atoms with Crippen LogP contribution >= 0.6 is 23.1 Å². The first-order chi connectivity index (χ1) is 11.3. The van der Waals surface area contributed by atoms with E-state index in [4.69, 9.17) is 0 Å². The number of anilines is 2. The van der Waals surface area contributed by atoms with Gasteiger partial charge in [-0.2, -0.15) is 0 Å². The molecule has 1 amide bonds. The van der Waals surface area contributed by atoms with E-state index in [1.807, 2.05) is 6.07 Å². The number of aromatic nitrogens is 2. The van der Waals surface area contributed by atoms with Crippen molar-refractivity contribution in [2.45, 2.75) is 42.5 Å². The van der Waals surface area contributed by atoms with Crippen LogP contribution in [0.2, 0.25) is 0 Å². The predicted molar refractivity (Wildman–Crippen MR) is 94.4 cm³/mol. The summed E-state index contributed by atoms with van der Waals surface area (Å²) < 4.78 is 0.831. The predicted octanol–water partition coefficient (Wildman–Crippen LogP) is 3.33. The number of thioether (sulfide) groups is 1. The van der Waals surface area contributed by atoms with E-state index in [0.29, 0.717) is 11.8 Å². The highest BCUT2D eigenvalue weighted by molar-refractivity contribution is 8.01. The summed E-state index contributed by atoms with van der Waals surface area (Å²) >= 11 is 2.95. The van der Waals surface area contributed by atoms with Crippen LogP contribution in [0.1, 0.15) is 30.4 Å². The van der Waals surface area contributed by atoms with Gasteiger partial charge in [-0.25, -0.2) is 0 Å². The van der Waals surface area contributed by atoms with E-state index >= 15 is 0 Å². The fraction of sp³-hybridized carbons (Fsp3) is 0.438. The Morgan fingerprint density at radius 1 is 1.26 bits per heavy atom. The molecule has 0 radical (unpaired) electrons. The third-order valence-corrected chi connectivity index (χ3v) is 6.01. The van der Waals surface area contributed by atoms with Crippen molar-refractivity contribution in [2.24, 2.45) is 0 Å². The second-order valence-electron chi connectivity index (χ2n) is 5.97. The van der Waals surface area contributed by atoms with E-state index in [1.54, 1.807) is 0 Å². The minimum Gasteiger partial charge on any atom is -0.357 e. The van der Waals surface area contributed by atoms with Crippen molar-refractivity contribution in [1.82, 2.24) is 10.2 Å². The SMILES string of the molecule is O=C(CSc1nnc(NC2CC2)s1)Nc1ccc2c(c1)CCC2. The zero-order valence-electron chi connectivity index (χ0n) is 12.7. The molecule has 0 aliphatic heterocycles. The summed E-state index contributed by atoms with van der Waals surface area (Å²) in [5.41, 5.74) is 3.68. The molecular weight excluding hydrogens is 328 g/mol. The highest BCUT2D eigenvalue weighted by Crippen LogP contribution is 2.30. The van der Waals surface area contributed by atoms with Crippen molar-refractivity contribution in [3.05, 3.63) is 29.3 Å². The maximum Gasteiger partial charge on any atom is 0.234 e. The molecule has 2 aromatic rings. The summed E-state index contributed by atoms with van der Waals surface area (Å²) in [6.45, 7) is 0. The standard InChI is InChI=1S/C16H18N4OS2/c21-14(17-13-5-4-10-2-1-3-11(10)8-13)9-22-16-20-19-15(23-16)18-12-6-7-12/h4-5,8,12H,1-3,6-7,9H2,(H,17,21)(H,18,19). The maximum absolute atomic E-state index is 12.1. The van der Waals surface area contributed by atoms with Crippen molar-refractivity contribution >= 4 is 39.8 Å². The molecule has 0 atom stereocenters. The van der Waals surface area contributed by atoms with Gasteiger partial charge in [0.05, 0.1) is 5.75 Å². The average molecular weight is 346 g/mol. The second-order valence-corrected chi connectivity index (χ2v) is 8.17. The summed E-state index contributed by atoms with van der Waals surface area (Å²) in [7, 11) is 0. The first kappa shape index (κ1) is 15.0. The van der Waals surface area contributed by atoms with Gasteiger partial charge in [0.2, 0.25) is 11.0 Å². The molecule has 0 bridgehead atoms. The Morgan fingerprint density at radius 2 is 2.13 bits per heavy atom. The van der Waals surface area contributed by atoms with Gasteiger partial charge >= 0.3 is 0 Å². The zero-order valence-corrected chi connectivity index (χ0v) is 14.3. The van der Waals surface area contributed by atoms with E-state index in [1.165, 1.54) is 53.5 Å². The summed E-state index contributed by atoms with van der Waals surface area (Å²) in [5.74, 6) is 0.356. The van der Waals surface area contributed by atoms with Crippen molar-refractivity contribution in [3.8, 4) is 0 Å². The number of nitrogens with one attached hydrogen (secondary N) is 2. The van der Waals surface area contributed by atoms with Crippen LogP contribution in [0.3, 0.4) is 0 Å². The minimum atomic E-state index is -0.000140. The molecule has 1 saturated carbocycles. The van der Waals surface area contributed by atoms with Gasteiger partial charge in [0.25, 0.3) is 0 Å². The summed E-state index contributed by atoms with van der Waals surface area (Å²) in [6.07, 6.45) is 5.93. The third-order valence-electron chi connectivity index (χ3n) is 4.02. The molecule has 0 unspecified atom stereocenters. The van der Waals surface area contributed by atoms with Crippen LogP contribution in [0.25, 0.3) is 0 Å². The van der Waals surface area contributed by atoms with Gasteiger partial charge in [0, 0.05) is 11.7 Å². The highest BCUT2D eigenvalue weighted by Gasteiger charge is 2.22. The first-order valence-corrected chi connectivity index (χ1v) is 9.71. The number of hydrogen-bond donors (Lipinski definition) is 2. The molecule has 2 N–H and O–H groups in total.